The lowest BCUT2D eigenvalue weighted by Gasteiger charge is -2.23. The van der Waals surface area contributed by atoms with Crippen LogP contribution in [-0.4, -0.2) is 33.9 Å². The number of imidazole rings is 1. The second kappa shape index (κ2) is 7.00. The second-order valence-corrected chi connectivity index (χ2v) is 6.99. The summed E-state index contributed by atoms with van der Waals surface area (Å²) in [6.07, 6.45) is 1.87. The number of halogens is 1. The van der Waals surface area contributed by atoms with Crippen LogP contribution in [0.5, 0.6) is 5.75 Å². The van der Waals surface area contributed by atoms with E-state index in [0.29, 0.717) is 10.8 Å². The van der Waals surface area contributed by atoms with Crippen LogP contribution >= 0.6 is 11.6 Å². The number of likely N-dealkylation sites (tertiary alicyclic amines) is 1. The summed E-state index contributed by atoms with van der Waals surface area (Å²) in [4.78, 5) is 22.6. The number of para-hydroxylation sites is 2. The molecular weight excluding hydrogens is 350 g/mol. The van der Waals surface area contributed by atoms with E-state index in [2.05, 4.69) is 9.97 Å². The molecule has 0 bridgehead atoms. The fourth-order valence-electron chi connectivity index (χ4n) is 3.41. The molecule has 1 atom stereocenters. The number of carbonyl (C=O) groups is 1. The Kier molecular flexibility index (Phi) is 4.55. The molecule has 26 heavy (non-hydrogen) atoms. The van der Waals surface area contributed by atoms with Crippen LogP contribution in [-0.2, 0) is 4.79 Å². The van der Waals surface area contributed by atoms with Gasteiger partial charge in [-0.3, -0.25) is 4.79 Å². The van der Waals surface area contributed by atoms with Crippen molar-refractivity contribution in [2.75, 3.05) is 13.2 Å². The van der Waals surface area contributed by atoms with Gasteiger partial charge in [-0.15, -0.1) is 0 Å². The van der Waals surface area contributed by atoms with E-state index in [1.54, 1.807) is 12.1 Å². The van der Waals surface area contributed by atoms with Crippen LogP contribution in [0.3, 0.4) is 0 Å². The molecule has 1 N–H and O–H groups in total. The number of hydrogen-bond acceptors (Lipinski definition) is 3. The number of rotatable bonds is 4. The van der Waals surface area contributed by atoms with E-state index in [9.17, 15) is 4.79 Å². The molecule has 1 fully saturated rings. The van der Waals surface area contributed by atoms with Crippen molar-refractivity contribution in [3.05, 3.63) is 58.9 Å². The summed E-state index contributed by atoms with van der Waals surface area (Å²) in [6.45, 7) is 2.65. The first kappa shape index (κ1) is 16.9. The number of nitrogens with zero attached hydrogens (tertiary/aromatic N) is 2. The highest BCUT2D eigenvalue weighted by molar-refractivity contribution is 6.31. The van der Waals surface area contributed by atoms with E-state index in [0.717, 1.165) is 41.8 Å². The molecule has 2 aromatic carbocycles. The lowest BCUT2D eigenvalue weighted by Crippen LogP contribution is -2.34. The maximum atomic E-state index is 12.7. The molecule has 1 aliphatic rings. The van der Waals surface area contributed by atoms with Crippen molar-refractivity contribution in [3.8, 4) is 5.75 Å². The van der Waals surface area contributed by atoms with Gasteiger partial charge in [0.1, 0.15) is 11.6 Å². The molecule has 1 unspecified atom stereocenters. The van der Waals surface area contributed by atoms with Crippen molar-refractivity contribution >= 4 is 28.5 Å². The van der Waals surface area contributed by atoms with Crippen molar-refractivity contribution in [2.45, 2.75) is 25.8 Å². The molecule has 3 aromatic rings. The molecule has 1 saturated heterocycles. The first-order chi connectivity index (χ1) is 12.6. The maximum Gasteiger partial charge on any atom is 0.261 e. The number of aryl methyl sites for hydroxylation is 1. The first-order valence-electron chi connectivity index (χ1n) is 8.75. The second-order valence-electron chi connectivity index (χ2n) is 6.58. The average Bonchev–Trinajstić information content (AvgIpc) is 3.28. The molecule has 0 aliphatic carbocycles. The topological polar surface area (TPSA) is 58.2 Å². The van der Waals surface area contributed by atoms with Crippen LogP contribution < -0.4 is 4.74 Å². The Balaban J connectivity index is 1.47. The summed E-state index contributed by atoms with van der Waals surface area (Å²) < 4.78 is 5.68. The lowest BCUT2D eigenvalue weighted by atomic mass is 10.2. The van der Waals surface area contributed by atoms with E-state index >= 15 is 0 Å². The molecule has 2 heterocycles. The van der Waals surface area contributed by atoms with Crippen molar-refractivity contribution in [2.24, 2.45) is 0 Å². The Hall–Kier alpha value is -2.53. The van der Waals surface area contributed by atoms with Gasteiger partial charge < -0.3 is 14.6 Å². The van der Waals surface area contributed by atoms with Gasteiger partial charge in [-0.05, 0) is 55.7 Å². The Morgan fingerprint density at radius 3 is 3.00 bits per heavy atom. The maximum absolute atomic E-state index is 12.7. The average molecular weight is 370 g/mol. The fourth-order valence-corrected chi connectivity index (χ4v) is 3.53. The summed E-state index contributed by atoms with van der Waals surface area (Å²) in [5.74, 6) is 1.47. The highest BCUT2D eigenvalue weighted by Crippen LogP contribution is 2.31. The van der Waals surface area contributed by atoms with E-state index in [1.165, 1.54) is 0 Å². The van der Waals surface area contributed by atoms with E-state index in [-0.39, 0.29) is 18.6 Å². The number of ether oxygens (including phenoxy) is 1. The number of aromatic nitrogens is 2. The number of carbonyl (C=O) groups excluding carboxylic acids is 1. The molecule has 1 amide bonds. The van der Waals surface area contributed by atoms with E-state index in [4.69, 9.17) is 16.3 Å². The summed E-state index contributed by atoms with van der Waals surface area (Å²) in [7, 11) is 0. The van der Waals surface area contributed by atoms with Gasteiger partial charge in [-0.1, -0.05) is 23.7 Å². The lowest BCUT2D eigenvalue weighted by molar-refractivity contribution is -0.134. The third-order valence-corrected chi connectivity index (χ3v) is 5.21. The predicted molar refractivity (Wildman–Crippen MR) is 101 cm³/mol. The molecular formula is C20H20ClN3O2. The number of H-pyrrole nitrogens is 1. The van der Waals surface area contributed by atoms with Gasteiger partial charge in [0.25, 0.3) is 5.91 Å². The molecule has 1 aliphatic heterocycles. The molecule has 0 saturated carbocycles. The molecule has 0 radical (unpaired) electrons. The van der Waals surface area contributed by atoms with Crippen molar-refractivity contribution < 1.29 is 9.53 Å². The van der Waals surface area contributed by atoms with Crippen LogP contribution in [0.25, 0.3) is 11.0 Å². The summed E-state index contributed by atoms with van der Waals surface area (Å²) in [6, 6.07) is 13.3. The predicted octanol–water partition coefficient (Wildman–Crippen LogP) is 4.27. The molecule has 6 heteroatoms. The Labute approximate surface area is 156 Å². The molecule has 134 valence electrons. The molecule has 0 spiro atoms. The summed E-state index contributed by atoms with van der Waals surface area (Å²) in [5.41, 5.74) is 2.85. The minimum absolute atomic E-state index is 0.0117. The Bertz CT molecular complexity index is 920. The summed E-state index contributed by atoms with van der Waals surface area (Å²) >= 11 is 6.03. The van der Waals surface area contributed by atoms with Crippen molar-refractivity contribution in [1.82, 2.24) is 14.9 Å². The van der Waals surface area contributed by atoms with Crippen molar-refractivity contribution in [3.63, 3.8) is 0 Å². The van der Waals surface area contributed by atoms with Crippen LogP contribution in [0.2, 0.25) is 5.02 Å². The standard InChI is InChI=1S/C20H20ClN3O2/c1-13-11-14(8-9-15(13)21)26-12-19(25)24-10-4-7-18(24)20-22-16-5-2-3-6-17(16)23-20/h2-3,5-6,8-9,11,18H,4,7,10,12H2,1H3,(H,22,23). The van der Waals surface area contributed by atoms with Gasteiger partial charge >= 0.3 is 0 Å². The minimum atomic E-state index is -0.0273. The van der Waals surface area contributed by atoms with Gasteiger partial charge in [-0.25, -0.2) is 4.98 Å². The highest BCUT2D eigenvalue weighted by atomic mass is 35.5. The molecule has 1 aromatic heterocycles. The number of benzene rings is 2. The van der Waals surface area contributed by atoms with E-state index in [1.807, 2.05) is 42.2 Å². The van der Waals surface area contributed by atoms with Crippen LogP contribution in [0.15, 0.2) is 42.5 Å². The third-order valence-electron chi connectivity index (χ3n) is 4.79. The zero-order valence-electron chi connectivity index (χ0n) is 14.5. The zero-order valence-corrected chi connectivity index (χ0v) is 15.3. The number of fused-ring (bicyclic) bond motifs is 1. The van der Waals surface area contributed by atoms with Gasteiger partial charge in [0.15, 0.2) is 6.61 Å². The first-order valence-corrected chi connectivity index (χ1v) is 9.12. The molecule has 4 rings (SSSR count). The van der Waals surface area contributed by atoms with Crippen LogP contribution in [0.4, 0.5) is 0 Å². The van der Waals surface area contributed by atoms with Gasteiger partial charge in [-0.2, -0.15) is 0 Å². The normalized spacial score (nSPS) is 17.0. The van der Waals surface area contributed by atoms with Gasteiger partial charge in [0.2, 0.25) is 0 Å². The largest absolute Gasteiger partial charge is 0.484 e. The van der Waals surface area contributed by atoms with Crippen LogP contribution in [0.1, 0.15) is 30.3 Å². The minimum Gasteiger partial charge on any atom is -0.484 e. The third kappa shape index (κ3) is 3.27. The Morgan fingerprint density at radius 1 is 1.35 bits per heavy atom. The van der Waals surface area contributed by atoms with Crippen LogP contribution in [0, 0.1) is 6.92 Å². The van der Waals surface area contributed by atoms with Gasteiger partial charge in [0.05, 0.1) is 17.1 Å². The monoisotopic (exact) mass is 369 g/mol. The fraction of sp³-hybridized carbons (Fsp3) is 0.300. The number of hydrogen-bond donors (Lipinski definition) is 1. The van der Waals surface area contributed by atoms with Crippen molar-refractivity contribution in [1.29, 1.82) is 0 Å². The quantitative estimate of drug-likeness (QED) is 0.747. The Morgan fingerprint density at radius 2 is 2.19 bits per heavy atom. The smallest absolute Gasteiger partial charge is 0.261 e. The number of amides is 1. The SMILES string of the molecule is Cc1cc(OCC(=O)N2CCCC2c2nc3ccccc3[nH]2)ccc1Cl. The van der Waals surface area contributed by atoms with Gasteiger partial charge in [0, 0.05) is 11.6 Å². The highest BCUT2D eigenvalue weighted by Gasteiger charge is 2.32. The summed E-state index contributed by atoms with van der Waals surface area (Å²) in [5, 5.41) is 0.688. The number of nitrogens with one attached hydrogen (secondary N) is 1. The number of aromatic amines is 1. The molecule has 5 nitrogen and oxygen atoms in total. The zero-order chi connectivity index (χ0) is 18.1. The van der Waals surface area contributed by atoms with E-state index < -0.39 is 0 Å².